The van der Waals surface area contributed by atoms with E-state index >= 15 is 0 Å². The molecule has 0 heterocycles. The molecule has 0 spiro atoms. The van der Waals surface area contributed by atoms with Crippen LogP contribution in [0.3, 0.4) is 0 Å². The summed E-state index contributed by atoms with van der Waals surface area (Å²) in [4.78, 5) is 0. The SMILES string of the molecule is Cc1ccccc1C(CCC1CCCCC1)NN. The van der Waals surface area contributed by atoms with Gasteiger partial charge in [0, 0.05) is 6.04 Å². The van der Waals surface area contributed by atoms with Crippen LogP contribution in [0.5, 0.6) is 0 Å². The molecule has 18 heavy (non-hydrogen) atoms. The summed E-state index contributed by atoms with van der Waals surface area (Å²) in [5.74, 6) is 6.67. The largest absolute Gasteiger partial charge is 0.271 e. The van der Waals surface area contributed by atoms with E-state index in [2.05, 4.69) is 36.6 Å². The molecule has 0 amide bonds. The highest BCUT2D eigenvalue weighted by Gasteiger charge is 2.17. The van der Waals surface area contributed by atoms with E-state index in [1.807, 2.05) is 0 Å². The monoisotopic (exact) mass is 246 g/mol. The molecule has 0 bridgehead atoms. The van der Waals surface area contributed by atoms with Gasteiger partial charge in [0.15, 0.2) is 0 Å². The van der Waals surface area contributed by atoms with Crippen LogP contribution in [0.25, 0.3) is 0 Å². The summed E-state index contributed by atoms with van der Waals surface area (Å²) in [6.45, 7) is 2.17. The van der Waals surface area contributed by atoms with Gasteiger partial charge in [-0.15, -0.1) is 0 Å². The molecule has 1 atom stereocenters. The van der Waals surface area contributed by atoms with Gasteiger partial charge in [0.25, 0.3) is 0 Å². The van der Waals surface area contributed by atoms with E-state index in [1.54, 1.807) is 0 Å². The van der Waals surface area contributed by atoms with Crippen LogP contribution in [0.1, 0.15) is 62.1 Å². The number of hydrogen-bond acceptors (Lipinski definition) is 2. The van der Waals surface area contributed by atoms with Crippen LogP contribution in [-0.4, -0.2) is 0 Å². The van der Waals surface area contributed by atoms with Gasteiger partial charge in [0.2, 0.25) is 0 Å². The molecule has 3 N–H and O–H groups in total. The average Bonchev–Trinajstić information content (AvgIpc) is 2.42. The van der Waals surface area contributed by atoms with Gasteiger partial charge in [-0.1, -0.05) is 56.4 Å². The molecule has 2 heteroatoms. The summed E-state index contributed by atoms with van der Waals surface area (Å²) in [5.41, 5.74) is 5.69. The quantitative estimate of drug-likeness (QED) is 0.611. The molecule has 1 aromatic carbocycles. The molecular weight excluding hydrogens is 220 g/mol. The maximum absolute atomic E-state index is 5.74. The van der Waals surface area contributed by atoms with Gasteiger partial charge in [-0.25, -0.2) is 0 Å². The molecule has 1 aromatic rings. The van der Waals surface area contributed by atoms with Crippen molar-refractivity contribution in [3.8, 4) is 0 Å². The fourth-order valence-corrected chi connectivity index (χ4v) is 3.18. The van der Waals surface area contributed by atoms with Crippen LogP contribution in [0.15, 0.2) is 24.3 Å². The number of nitrogens with one attached hydrogen (secondary N) is 1. The van der Waals surface area contributed by atoms with E-state index in [-0.39, 0.29) is 0 Å². The highest BCUT2D eigenvalue weighted by atomic mass is 15.2. The van der Waals surface area contributed by atoms with Crippen molar-refractivity contribution in [3.05, 3.63) is 35.4 Å². The van der Waals surface area contributed by atoms with Gasteiger partial charge in [-0.3, -0.25) is 11.3 Å². The third-order valence-corrected chi connectivity index (χ3v) is 4.35. The lowest BCUT2D eigenvalue weighted by Gasteiger charge is -2.25. The second kappa shape index (κ2) is 6.91. The fraction of sp³-hybridized carbons (Fsp3) is 0.625. The third kappa shape index (κ3) is 3.56. The van der Waals surface area contributed by atoms with Crippen molar-refractivity contribution in [2.75, 3.05) is 0 Å². The Morgan fingerprint density at radius 3 is 2.61 bits per heavy atom. The highest BCUT2D eigenvalue weighted by Crippen LogP contribution is 2.30. The van der Waals surface area contributed by atoms with Crippen LogP contribution < -0.4 is 11.3 Å². The van der Waals surface area contributed by atoms with Crippen LogP contribution in [-0.2, 0) is 0 Å². The van der Waals surface area contributed by atoms with Crippen molar-refractivity contribution in [3.63, 3.8) is 0 Å². The molecular formula is C16H26N2. The molecule has 1 saturated carbocycles. The van der Waals surface area contributed by atoms with Gasteiger partial charge < -0.3 is 0 Å². The van der Waals surface area contributed by atoms with E-state index in [1.165, 1.54) is 49.7 Å². The normalized spacial score (nSPS) is 18.8. The minimum Gasteiger partial charge on any atom is -0.271 e. The predicted molar refractivity (Wildman–Crippen MR) is 77.1 cm³/mol. The van der Waals surface area contributed by atoms with E-state index in [0.29, 0.717) is 6.04 Å². The van der Waals surface area contributed by atoms with E-state index < -0.39 is 0 Å². The maximum atomic E-state index is 5.74. The number of hydrazine groups is 1. The first-order valence-corrected chi connectivity index (χ1v) is 7.33. The molecule has 100 valence electrons. The van der Waals surface area contributed by atoms with Crippen LogP contribution in [0.2, 0.25) is 0 Å². The first-order chi connectivity index (χ1) is 8.81. The van der Waals surface area contributed by atoms with Crippen molar-refractivity contribution in [2.24, 2.45) is 11.8 Å². The van der Waals surface area contributed by atoms with Crippen LogP contribution in [0.4, 0.5) is 0 Å². The summed E-state index contributed by atoms with van der Waals surface area (Å²) in [7, 11) is 0. The topological polar surface area (TPSA) is 38.0 Å². The van der Waals surface area contributed by atoms with Crippen LogP contribution >= 0.6 is 0 Å². The van der Waals surface area contributed by atoms with Crippen molar-refractivity contribution in [2.45, 2.75) is 57.9 Å². The summed E-state index contributed by atoms with van der Waals surface area (Å²) < 4.78 is 0. The van der Waals surface area contributed by atoms with E-state index in [9.17, 15) is 0 Å². The average molecular weight is 246 g/mol. The smallest absolute Gasteiger partial charge is 0.0462 e. The standard InChI is InChI=1S/C16H26N2/c1-13-7-5-6-10-15(13)16(18-17)12-11-14-8-3-2-4-9-14/h5-7,10,14,16,18H,2-4,8-9,11-12,17H2,1H3. The molecule has 1 aliphatic rings. The summed E-state index contributed by atoms with van der Waals surface area (Å²) in [6, 6.07) is 8.87. The first kappa shape index (κ1) is 13.6. The van der Waals surface area contributed by atoms with Gasteiger partial charge in [0.1, 0.15) is 0 Å². The Hall–Kier alpha value is -0.860. The zero-order valence-electron chi connectivity index (χ0n) is 11.5. The molecule has 2 rings (SSSR count). The lowest BCUT2D eigenvalue weighted by molar-refractivity contribution is 0.314. The van der Waals surface area contributed by atoms with Crippen molar-refractivity contribution in [1.82, 2.24) is 5.43 Å². The molecule has 0 radical (unpaired) electrons. The lowest BCUT2D eigenvalue weighted by Crippen LogP contribution is -2.29. The summed E-state index contributed by atoms with van der Waals surface area (Å²) in [6.07, 6.45) is 9.60. The van der Waals surface area contributed by atoms with E-state index in [0.717, 1.165) is 12.3 Å². The third-order valence-electron chi connectivity index (χ3n) is 4.35. The van der Waals surface area contributed by atoms with E-state index in [4.69, 9.17) is 5.84 Å². The van der Waals surface area contributed by atoms with Crippen molar-refractivity contribution in [1.29, 1.82) is 0 Å². The summed E-state index contributed by atoms with van der Waals surface area (Å²) >= 11 is 0. The Bertz CT molecular complexity index is 356. The Morgan fingerprint density at radius 1 is 1.22 bits per heavy atom. The Labute approximate surface area is 111 Å². The first-order valence-electron chi connectivity index (χ1n) is 7.33. The van der Waals surface area contributed by atoms with Gasteiger partial charge in [-0.2, -0.15) is 0 Å². The zero-order valence-corrected chi connectivity index (χ0v) is 11.5. The summed E-state index contributed by atoms with van der Waals surface area (Å²) in [5, 5.41) is 0. The lowest BCUT2D eigenvalue weighted by atomic mass is 9.84. The molecule has 1 fully saturated rings. The maximum Gasteiger partial charge on any atom is 0.0462 e. The molecule has 0 aromatic heterocycles. The fourth-order valence-electron chi connectivity index (χ4n) is 3.18. The minimum absolute atomic E-state index is 0.313. The molecule has 0 aliphatic heterocycles. The number of rotatable bonds is 5. The Morgan fingerprint density at radius 2 is 1.94 bits per heavy atom. The second-order valence-electron chi connectivity index (χ2n) is 5.66. The molecule has 2 nitrogen and oxygen atoms in total. The van der Waals surface area contributed by atoms with Crippen molar-refractivity contribution >= 4 is 0 Å². The molecule has 1 aliphatic carbocycles. The number of nitrogens with two attached hydrogens (primary N) is 1. The minimum atomic E-state index is 0.313. The highest BCUT2D eigenvalue weighted by molar-refractivity contribution is 5.28. The van der Waals surface area contributed by atoms with Gasteiger partial charge in [0.05, 0.1) is 0 Å². The van der Waals surface area contributed by atoms with Gasteiger partial charge >= 0.3 is 0 Å². The number of hydrogen-bond donors (Lipinski definition) is 2. The van der Waals surface area contributed by atoms with Gasteiger partial charge in [-0.05, 0) is 36.8 Å². The molecule has 0 saturated heterocycles. The number of aryl methyl sites for hydroxylation is 1. The molecule has 1 unspecified atom stereocenters. The van der Waals surface area contributed by atoms with Crippen molar-refractivity contribution < 1.29 is 0 Å². The second-order valence-corrected chi connectivity index (χ2v) is 5.66. The predicted octanol–water partition coefficient (Wildman–Crippen LogP) is 3.86. The van der Waals surface area contributed by atoms with Crippen LogP contribution in [0, 0.1) is 12.8 Å². The zero-order chi connectivity index (χ0) is 12.8. The number of benzene rings is 1. The Balaban J connectivity index is 1.91. The Kier molecular flexibility index (Phi) is 5.21.